The van der Waals surface area contributed by atoms with E-state index in [1.807, 2.05) is 12.1 Å². The average Bonchev–Trinajstić information content (AvgIpc) is 2.36. The lowest BCUT2D eigenvalue weighted by molar-refractivity contribution is 0.0421. The number of nitrogens with one attached hydrogen (secondary N) is 1. The molecule has 1 rings (SSSR count). The second-order valence-corrected chi connectivity index (χ2v) is 5.26. The number of anilines is 1. The van der Waals surface area contributed by atoms with Gasteiger partial charge in [-0.15, -0.1) is 0 Å². The van der Waals surface area contributed by atoms with Crippen molar-refractivity contribution in [3.8, 4) is 0 Å². The number of hydrogen-bond acceptors (Lipinski definition) is 3. The Morgan fingerprint density at radius 2 is 2.28 bits per heavy atom. The van der Waals surface area contributed by atoms with E-state index in [9.17, 15) is 5.11 Å². The molecule has 1 unspecified atom stereocenters. The zero-order valence-electron chi connectivity index (χ0n) is 10.5. The summed E-state index contributed by atoms with van der Waals surface area (Å²) >= 11 is 9.37. The Labute approximate surface area is 122 Å². The molecule has 102 valence electrons. The Hall–Kier alpha value is -0.290. The minimum Gasteiger partial charge on any atom is -0.389 e. The smallest absolute Gasteiger partial charge is 0.0945 e. The van der Waals surface area contributed by atoms with Crippen LogP contribution in [0.5, 0.6) is 0 Å². The van der Waals surface area contributed by atoms with Gasteiger partial charge in [0.2, 0.25) is 0 Å². The lowest BCUT2D eigenvalue weighted by atomic mass is 10.3. The van der Waals surface area contributed by atoms with Crippen molar-refractivity contribution in [2.24, 2.45) is 0 Å². The largest absolute Gasteiger partial charge is 0.389 e. The maximum Gasteiger partial charge on any atom is 0.0945 e. The number of rotatable bonds is 8. The molecule has 1 atom stereocenters. The lowest BCUT2D eigenvalue weighted by Crippen LogP contribution is -2.25. The number of aliphatic hydroxyl groups is 1. The third kappa shape index (κ3) is 5.57. The van der Waals surface area contributed by atoms with Crippen LogP contribution in [-0.4, -0.2) is 31.0 Å². The number of aliphatic hydroxyl groups excluding tert-OH is 1. The molecule has 0 bridgehead atoms. The van der Waals surface area contributed by atoms with Crippen molar-refractivity contribution in [1.29, 1.82) is 0 Å². The van der Waals surface area contributed by atoms with Gasteiger partial charge < -0.3 is 15.2 Å². The molecule has 5 heteroatoms. The molecule has 0 radical (unpaired) electrons. The SMILES string of the molecule is CCCCOCC(O)CNc1cccc(Cl)c1Br. The molecule has 1 aromatic rings. The number of ether oxygens (including phenoxy) is 1. The molecule has 1 aromatic carbocycles. The fourth-order valence-corrected chi connectivity index (χ4v) is 1.97. The van der Waals surface area contributed by atoms with Gasteiger partial charge in [0.05, 0.1) is 27.9 Å². The molecule has 0 fully saturated rings. The highest BCUT2D eigenvalue weighted by Gasteiger charge is 2.07. The van der Waals surface area contributed by atoms with Gasteiger partial charge in [0.25, 0.3) is 0 Å². The molecule has 0 aromatic heterocycles. The maximum atomic E-state index is 9.73. The topological polar surface area (TPSA) is 41.5 Å². The number of hydrogen-bond donors (Lipinski definition) is 2. The maximum absolute atomic E-state index is 9.73. The third-order valence-electron chi connectivity index (χ3n) is 2.43. The van der Waals surface area contributed by atoms with Crippen LogP contribution >= 0.6 is 27.5 Å². The van der Waals surface area contributed by atoms with E-state index in [-0.39, 0.29) is 0 Å². The number of benzene rings is 1. The molecule has 0 spiro atoms. The van der Waals surface area contributed by atoms with E-state index in [2.05, 4.69) is 28.2 Å². The number of unbranched alkanes of at least 4 members (excludes halogenated alkanes) is 1. The molecule has 3 nitrogen and oxygen atoms in total. The highest BCUT2D eigenvalue weighted by atomic mass is 79.9. The summed E-state index contributed by atoms with van der Waals surface area (Å²) in [6, 6.07) is 5.57. The van der Waals surface area contributed by atoms with E-state index in [0.29, 0.717) is 24.8 Å². The van der Waals surface area contributed by atoms with Crippen LogP contribution < -0.4 is 5.32 Å². The van der Waals surface area contributed by atoms with Crippen LogP contribution in [0.1, 0.15) is 19.8 Å². The summed E-state index contributed by atoms with van der Waals surface area (Å²) in [5, 5.41) is 13.5. The summed E-state index contributed by atoms with van der Waals surface area (Å²) in [5.74, 6) is 0. The van der Waals surface area contributed by atoms with Crippen molar-refractivity contribution in [3.63, 3.8) is 0 Å². The van der Waals surface area contributed by atoms with Crippen LogP contribution in [0.4, 0.5) is 5.69 Å². The van der Waals surface area contributed by atoms with Crippen LogP contribution in [0.25, 0.3) is 0 Å². The molecular formula is C13H19BrClNO2. The zero-order valence-corrected chi connectivity index (χ0v) is 12.8. The van der Waals surface area contributed by atoms with Gasteiger partial charge in [-0.05, 0) is 34.5 Å². The Morgan fingerprint density at radius 1 is 1.50 bits per heavy atom. The van der Waals surface area contributed by atoms with Gasteiger partial charge in [-0.1, -0.05) is 31.0 Å². The van der Waals surface area contributed by atoms with E-state index in [4.69, 9.17) is 16.3 Å². The first-order valence-electron chi connectivity index (χ1n) is 6.08. The average molecular weight is 337 g/mol. The first kappa shape index (κ1) is 15.8. The Balaban J connectivity index is 2.29. The molecule has 0 amide bonds. The van der Waals surface area contributed by atoms with E-state index < -0.39 is 6.10 Å². The normalized spacial score (nSPS) is 12.4. The van der Waals surface area contributed by atoms with Crippen LogP contribution in [0.3, 0.4) is 0 Å². The van der Waals surface area contributed by atoms with Crippen LogP contribution in [0, 0.1) is 0 Å². The Kier molecular flexibility index (Phi) is 7.66. The highest BCUT2D eigenvalue weighted by molar-refractivity contribution is 9.10. The van der Waals surface area contributed by atoms with Crippen molar-refractivity contribution in [2.75, 3.05) is 25.1 Å². The predicted octanol–water partition coefficient (Wildman–Crippen LogP) is 3.69. The zero-order chi connectivity index (χ0) is 13.4. The lowest BCUT2D eigenvalue weighted by Gasteiger charge is -2.14. The summed E-state index contributed by atoms with van der Waals surface area (Å²) < 4.78 is 6.16. The minimum absolute atomic E-state index is 0.352. The molecule has 0 saturated carbocycles. The van der Waals surface area contributed by atoms with Crippen LogP contribution in [-0.2, 0) is 4.74 Å². The minimum atomic E-state index is -0.521. The Morgan fingerprint density at radius 3 is 3.00 bits per heavy atom. The monoisotopic (exact) mass is 335 g/mol. The molecule has 0 aliphatic heterocycles. The molecule has 18 heavy (non-hydrogen) atoms. The molecule has 2 N–H and O–H groups in total. The first-order valence-corrected chi connectivity index (χ1v) is 7.26. The summed E-state index contributed by atoms with van der Waals surface area (Å²) in [4.78, 5) is 0. The van der Waals surface area contributed by atoms with Crippen LogP contribution in [0.15, 0.2) is 22.7 Å². The molecular weight excluding hydrogens is 318 g/mol. The van der Waals surface area contributed by atoms with Crippen molar-refractivity contribution >= 4 is 33.2 Å². The highest BCUT2D eigenvalue weighted by Crippen LogP contribution is 2.29. The van der Waals surface area contributed by atoms with Gasteiger partial charge in [-0.2, -0.15) is 0 Å². The van der Waals surface area contributed by atoms with Gasteiger partial charge in [0.15, 0.2) is 0 Å². The van der Waals surface area contributed by atoms with E-state index in [1.165, 1.54) is 0 Å². The molecule has 0 aliphatic carbocycles. The first-order chi connectivity index (χ1) is 8.65. The second-order valence-electron chi connectivity index (χ2n) is 4.06. The van der Waals surface area contributed by atoms with Crippen molar-refractivity contribution < 1.29 is 9.84 Å². The summed E-state index contributed by atoms with van der Waals surface area (Å²) in [6.45, 7) is 3.60. The quantitative estimate of drug-likeness (QED) is 0.711. The van der Waals surface area contributed by atoms with Gasteiger partial charge in [-0.25, -0.2) is 0 Å². The summed E-state index contributed by atoms with van der Waals surface area (Å²) in [6.07, 6.45) is 1.61. The van der Waals surface area contributed by atoms with Crippen LogP contribution in [0.2, 0.25) is 5.02 Å². The third-order valence-corrected chi connectivity index (χ3v) is 3.83. The van der Waals surface area contributed by atoms with Crippen molar-refractivity contribution in [1.82, 2.24) is 0 Å². The van der Waals surface area contributed by atoms with Gasteiger partial charge in [0.1, 0.15) is 0 Å². The molecule has 0 saturated heterocycles. The second kappa shape index (κ2) is 8.75. The van der Waals surface area contributed by atoms with E-state index >= 15 is 0 Å². The predicted molar refractivity (Wildman–Crippen MR) is 79.4 cm³/mol. The Bertz CT molecular complexity index is 363. The summed E-state index contributed by atoms with van der Waals surface area (Å²) in [5.41, 5.74) is 0.870. The van der Waals surface area contributed by atoms with E-state index in [1.54, 1.807) is 6.07 Å². The fraction of sp³-hybridized carbons (Fsp3) is 0.538. The fourth-order valence-electron chi connectivity index (χ4n) is 1.39. The standard InChI is InChI=1S/C13H19BrClNO2/c1-2-3-7-18-9-10(17)8-16-12-6-4-5-11(15)13(12)14/h4-6,10,16-17H,2-3,7-9H2,1H3. The van der Waals surface area contributed by atoms with E-state index in [0.717, 1.165) is 23.0 Å². The van der Waals surface area contributed by atoms with Gasteiger partial charge >= 0.3 is 0 Å². The number of halogens is 2. The van der Waals surface area contributed by atoms with Gasteiger partial charge in [-0.3, -0.25) is 0 Å². The molecule has 0 aliphatic rings. The molecule has 0 heterocycles. The van der Waals surface area contributed by atoms with Crippen molar-refractivity contribution in [3.05, 3.63) is 27.7 Å². The van der Waals surface area contributed by atoms with Gasteiger partial charge in [0, 0.05) is 13.2 Å². The van der Waals surface area contributed by atoms with Crippen molar-refractivity contribution in [2.45, 2.75) is 25.9 Å². The summed E-state index contributed by atoms with van der Waals surface area (Å²) in [7, 11) is 0.